The first-order valence-corrected chi connectivity index (χ1v) is 13.3. The molecule has 0 bridgehead atoms. The summed E-state index contributed by atoms with van der Waals surface area (Å²) in [5, 5.41) is 2.72. The SMILES string of the molecule is CC(OC(C)(C)C)C(NC(=O)c1cc(S(=O)(=O)N2CCCCC2)ccc1Cl)C(=O)OC(C)(C)C. The molecule has 1 saturated heterocycles. The first-order chi connectivity index (χ1) is 15.5. The van der Waals surface area contributed by atoms with Gasteiger partial charge in [-0.2, -0.15) is 4.31 Å². The van der Waals surface area contributed by atoms with E-state index in [-0.39, 0.29) is 15.5 Å². The Kier molecular flexibility index (Phi) is 9.18. The van der Waals surface area contributed by atoms with Gasteiger partial charge in [-0.15, -0.1) is 0 Å². The standard InChI is InChI=1S/C24H37ClN2O6S/c1-16(32-23(2,3)4)20(22(29)33-24(5,6)7)26-21(28)18-15-17(11-12-19(18)25)34(30,31)27-13-9-8-10-14-27/h11-12,15-16,20H,8-10,13-14H2,1-7H3,(H,26,28). The summed E-state index contributed by atoms with van der Waals surface area (Å²) >= 11 is 6.27. The maximum atomic E-state index is 13.2. The molecule has 1 fully saturated rings. The lowest BCUT2D eigenvalue weighted by atomic mass is 10.1. The molecule has 192 valence electrons. The van der Waals surface area contributed by atoms with Gasteiger partial charge in [-0.3, -0.25) is 4.79 Å². The topological polar surface area (TPSA) is 102 Å². The van der Waals surface area contributed by atoms with Gasteiger partial charge in [0.15, 0.2) is 6.04 Å². The van der Waals surface area contributed by atoms with Crippen molar-refractivity contribution in [3.05, 3.63) is 28.8 Å². The lowest BCUT2D eigenvalue weighted by Gasteiger charge is -2.32. The molecule has 1 aromatic carbocycles. The number of benzene rings is 1. The Bertz CT molecular complexity index is 992. The van der Waals surface area contributed by atoms with Crippen molar-refractivity contribution in [3.63, 3.8) is 0 Å². The number of rotatable bonds is 7. The average Bonchev–Trinajstić information content (AvgIpc) is 2.70. The average molecular weight is 517 g/mol. The molecule has 1 aliphatic heterocycles. The summed E-state index contributed by atoms with van der Waals surface area (Å²) in [6, 6.07) is 2.89. The van der Waals surface area contributed by atoms with E-state index in [9.17, 15) is 18.0 Å². The van der Waals surface area contributed by atoms with Gasteiger partial charge in [0.2, 0.25) is 10.0 Å². The second-order valence-corrected chi connectivity index (χ2v) is 12.9. The first-order valence-electron chi connectivity index (χ1n) is 11.5. The lowest BCUT2D eigenvalue weighted by Crippen LogP contribution is -2.52. The van der Waals surface area contributed by atoms with E-state index in [1.54, 1.807) is 27.7 Å². The highest BCUT2D eigenvalue weighted by Crippen LogP contribution is 2.26. The molecule has 1 heterocycles. The minimum absolute atomic E-state index is 0.0169. The third kappa shape index (κ3) is 7.93. The number of nitrogens with one attached hydrogen (secondary N) is 1. The smallest absolute Gasteiger partial charge is 0.331 e. The first kappa shape index (κ1) is 28.6. The fraction of sp³-hybridized carbons (Fsp3) is 0.667. The molecule has 1 amide bonds. The molecule has 2 atom stereocenters. The van der Waals surface area contributed by atoms with Gasteiger partial charge in [0.25, 0.3) is 5.91 Å². The van der Waals surface area contributed by atoms with Crippen LogP contribution in [0.4, 0.5) is 0 Å². The van der Waals surface area contributed by atoms with Gasteiger partial charge in [-0.05, 0) is 79.5 Å². The van der Waals surface area contributed by atoms with Crippen molar-refractivity contribution >= 4 is 33.5 Å². The second kappa shape index (κ2) is 10.9. The Labute approximate surface area is 208 Å². The highest BCUT2D eigenvalue weighted by atomic mass is 35.5. The van der Waals surface area contributed by atoms with Crippen LogP contribution in [0.15, 0.2) is 23.1 Å². The van der Waals surface area contributed by atoms with Gasteiger partial charge < -0.3 is 14.8 Å². The van der Waals surface area contributed by atoms with Crippen molar-refractivity contribution in [1.82, 2.24) is 9.62 Å². The highest BCUT2D eigenvalue weighted by Gasteiger charge is 2.35. The van der Waals surface area contributed by atoms with Crippen LogP contribution < -0.4 is 5.32 Å². The Balaban J connectivity index is 2.35. The monoisotopic (exact) mass is 516 g/mol. The molecular weight excluding hydrogens is 480 g/mol. The molecule has 0 aliphatic carbocycles. The Morgan fingerprint density at radius 1 is 1.03 bits per heavy atom. The van der Waals surface area contributed by atoms with Crippen LogP contribution in [-0.4, -0.2) is 61.0 Å². The quantitative estimate of drug-likeness (QED) is 0.546. The molecule has 1 aromatic rings. The minimum Gasteiger partial charge on any atom is -0.458 e. The molecule has 1 N–H and O–H groups in total. The molecule has 2 rings (SSSR count). The maximum Gasteiger partial charge on any atom is 0.331 e. The molecule has 0 spiro atoms. The molecule has 1 aliphatic rings. The summed E-state index contributed by atoms with van der Waals surface area (Å²) in [7, 11) is -3.77. The maximum absolute atomic E-state index is 13.2. The summed E-state index contributed by atoms with van der Waals surface area (Å²) in [5.41, 5.74) is -1.40. The number of amides is 1. The molecule has 2 unspecified atom stereocenters. The van der Waals surface area contributed by atoms with E-state index in [0.717, 1.165) is 19.3 Å². The molecule has 0 saturated carbocycles. The number of halogens is 1. The lowest BCUT2D eigenvalue weighted by molar-refractivity contribution is -0.164. The molecular formula is C24H37ClN2O6S. The zero-order valence-electron chi connectivity index (χ0n) is 21.1. The van der Waals surface area contributed by atoms with Crippen LogP contribution in [0.2, 0.25) is 5.02 Å². The molecule has 10 heteroatoms. The van der Waals surface area contributed by atoms with Crippen molar-refractivity contribution in [1.29, 1.82) is 0 Å². The van der Waals surface area contributed by atoms with E-state index in [1.165, 1.54) is 22.5 Å². The fourth-order valence-electron chi connectivity index (χ4n) is 3.67. The predicted molar refractivity (Wildman–Crippen MR) is 131 cm³/mol. The van der Waals surface area contributed by atoms with Crippen molar-refractivity contribution in [2.75, 3.05) is 13.1 Å². The Hall–Kier alpha value is -1.68. The van der Waals surface area contributed by atoms with E-state index >= 15 is 0 Å². The summed E-state index contributed by atoms with van der Waals surface area (Å²) < 4.78 is 39.0. The van der Waals surface area contributed by atoms with Crippen molar-refractivity contribution < 1.29 is 27.5 Å². The van der Waals surface area contributed by atoms with Crippen LogP contribution in [0.25, 0.3) is 0 Å². The Morgan fingerprint density at radius 2 is 1.62 bits per heavy atom. The van der Waals surface area contributed by atoms with Crippen LogP contribution in [0, 0.1) is 0 Å². The van der Waals surface area contributed by atoms with Gasteiger partial charge in [0.05, 0.1) is 27.2 Å². The zero-order valence-corrected chi connectivity index (χ0v) is 22.7. The number of carbonyl (C=O) groups is 2. The van der Waals surface area contributed by atoms with Crippen molar-refractivity contribution in [3.8, 4) is 0 Å². The number of esters is 1. The van der Waals surface area contributed by atoms with Gasteiger partial charge in [-0.1, -0.05) is 18.0 Å². The fourth-order valence-corrected chi connectivity index (χ4v) is 5.42. The Morgan fingerprint density at radius 3 is 2.15 bits per heavy atom. The third-order valence-electron chi connectivity index (χ3n) is 5.09. The van der Waals surface area contributed by atoms with Crippen molar-refractivity contribution in [2.45, 2.75) is 96.0 Å². The van der Waals surface area contributed by atoms with Gasteiger partial charge in [0, 0.05) is 13.1 Å². The summed E-state index contributed by atoms with van der Waals surface area (Å²) in [5.74, 6) is -1.35. The number of hydrogen-bond acceptors (Lipinski definition) is 6. The van der Waals surface area contributed by atoms with Gasteiger partial charge >= 0.3 is 5.97 Å². The largest absolute Gasteiger partial charge is 0.458 e. The second-order valence-electron chi connectivity index (χ2n) is 10.5. The third-order valence-corrected chi connectivity index (χ3v) is 7.32. The van der Waals surface area contributed by atoms with E-state index in [4.69, 9.17) is 21.1 Å². The number of piperidine rings is 1. The van der Waals surface area contributed by atoms with Gasteiger partial charge in [-0.25, -0.2) is 13.2 Å². The highest BCUT2D eigenvalue weighted by molar-refractivity contribution is 7.89. The number of nitrogens with zero attached hydrogens (tertiary/aromatic N) is 1. The molecule has 0 aromatic heterocycles. The number of hydrogen-bond donors (Lipinski definition) is 1. The molecule has 8 nitrogen and oxygen atoms in total. The number of ether oxygens (including phenoxy) is 2. The molecule has 34 heavy (non-hydrogen) atoms. The summed E-state index contributed by atoms with van der Waals surface area (Å²) in [4.78, 5) is 26.1. The zero-order chi connectivity index (χ0) is 25.9. The van der Waals surface area contributed by atoms with Crippen LogP contribution in [-0.2, 0) is 24.3 Å². The molecule has 0 radical (unpaired) electrons. The van der Waals surface area contributed by atoms with Crippen molar-refractivity contribution in [2.24, 2.45) is 0 Å². The van der Waals surface area contributed by atoms with E-state index in [2.05, 4.69) is 5.32 Å². The van der Waals surface area contributed by atoms with Crippen LogP contribution >= 0.6 is 11.6 Å². The van der Waals surface area contributed by atoms with E-state index in [0.29, 0.717) is 13.1 Å². The van der Waals surface area contributed by atoms with E-state index < -0.39 is 45.2 Å². The van der Waals surface area contributed by atoms with Crippen LogP contribution in [0.3, 0.4) is 0 Å². The number of sulfonamides is 1. The van der Waals surface area contributed by atoms with Gasteiger partial charge in [0.1, 0.15) is 5.60 Å². The summed E-state index contributed by atoms with van der Waals surface area (Å²) in [6.45, 7) is 13.2. The number of carbonyl (C=O) groups excluding carboxylic acids is 2. The van der Waals surface area contributed by atoms with E-state index in [1.807, 2.05) is 20.8 Å². The predicted octanol–water partition coefficient (Wildman–Crippen LogP) is 4.16. The normalized spacial score (nSPS) is 17.6. The summed E-state index contributed by atoms with van der Waals surface area (Å²) in [6.07, 6.45) is 1.85. The minimum atomic E-state index is -3.77. The van der Waals surface area contributed by atoms with Crippen LogP contribution in [0.5, 0.6) is 0 Å². The van der Waals surface area contributed by atoms with Crippen LogP contribution in [0.1, 0.15) is 78.1 Å².